The molecule has 0 N–H and O–H groups in total. The minimum atomic E-state index is -1.80. The molecule has 0 aliphatic heterocycles. The van der Waals surface area contributed by atoms with Gasteiger partial charge in [-0.2, -0.15) is 0 Å². The quantitative estimate of drug-likeness (QED) is 0.579. The molecule has 0 spiro atoms. The van der Waals surface area contributed by atoms with E-state index >= 15 is 0 Å². The van der Waals surface area contributed by atoms with Gasteiger partial charge in [0, 0.05) is 11.1 Å². The topological polar surface area (TPSA) is 0 Å². The van der Waals surface area contributed by atoms with Crippen LogP contribution in [0.5, 0.6) is 0 Å². The number of hydrogen-bond donors (Lipinski definition) is 0. The predicted molar refractivity (Wildman–Crippen MR) is 106 cm³/mol. The maximum atomic E-state index is 6.24. The SMILES string of the molecule is S=P(CCc1ccc(Cl)cc1)(c1ccccc1)c1ccccc1. The maximum absolute atomic E-state index is 6.24. The molecule has 0 aliphatic carbocycles. The molecular formula is C20H18ClPS. The van der Waals surface area contributed by atoms with E-state index in [4.69, 9.17) is 23.4 Å². The largest absolute Gasteiger partial charge is 0.0876 e. The van der Waals surface area contributed by atoms with E-state index in [1.54, 1.807) is 0 Å². The van der Waals surface area contributed by atoms with E-state index in [1.165, 1.54) is 16.2 Å². The minimum Gasteiger partial charge on any atom is -0.0876 e. The molecule has 0 radical (unpaired) electrons. The number of benzene rings is 3. The average molecular weight is 357 g/mol. The molecule has 3 aromatic carbocycles. The van der Waals surface area contributed by atoms with Gasteiger partial charge < -0.3 is 0 Å². The number of hydrogen-bond acceptors (Lipinski definition) is 1. The molecule has 0 saturated heterocycles. The van der Waals surface area contributed by atoms with Crippen molar-refractivity contribution in [2.45, 2.75) is 6.42 Å². The second kappa shape index (κ2) is 7.45. The second-order valence-electron chi connectivity index (χ2n) is 5.51. The van der Waals surface area contributed by atoms with Crippen molar-refractivity contribution in [3.63, 3.8) is 0 Å². The molecule has 23 heavy (non-hydrogen) atoms. The predicted octanol–water partition coefficient (Wildman–Crippen LogP) is 5.01. The number of aryl methyl sites for hydroxylation is 1. The Balaban J connectivity index is 1.93. The first-order valence-corrected chi connectivity index (χ1v) is 11.0. The van der Waals surface area contributed by atoms with E-state index < -0.39 is 6.04 Å². The smallest absolute Gasteiger partial charge is 0.0406 e. The Morgan fingerprint density at radius 2 is 1.17 bits per heavy atom. The van der Waals surface area contributed by atoms with Gasteiger partial charge in [-0.1, -0.05) is 96.2 Å². The standard InChI is InChI=1S/C20H18ClPS/c21-18-13-11-17(12-14-18)15-16-22(23,19-7-3-1-4-8-19)20-9-5-2-6-10-20/h1-14H,15-16H2. The summed E-state index contributed by atoms with van der Waals surface area (Å²) in [7, 11) is 0. The zero-order valence-corrected chi connectivity index (χ0v) is 15.2. The molecule has 0 aliphatic rings. The highest BCUT2D eigenvalue weighted by Crippen LogP contribution is 2.44. The van der Waals surface area contributed by atoms with Gasteiger partial charge in [-0.25, -0.2) is 0 Å². The van der Waals surface area contributed by atoms with Crippen molar-refractivity contribution in [2.24, 2.45) is 0 Å². The summed E-state index contributed by atoms with van der Waals surface area (Å²) >= 11 is 12.2. The van der Waals surface area contributed by atoms with Crippen molar-refractivity contribution in [1.82, 2.24) is 0 Å². The molecule has 0 heterocycles. The molecule has 0 amide bonds. The Morgan fingerprint density at radius 3 is 1.65 bits per heavy atom. The van der Waals surface area contributed by atoms with Crippen molar-refractivity contribution in [1.29, 1.82) is 0 Å². The Hall–Kier alpha value is -1.40. The molecule has 0 unspecified atom stereocenters. The number of rotatable bonds is 5. The van der Waals surface area contributed by atoms with Crippen LogP contribution in [0, 0.1) is 0 Å². The minimum absolute atomic E-state index is 0.777. The Bertz CT molecular complexity index is 755. The molecule has 3 rings (SSSR count). The molecule has 3 heteroatoms. The average Bonchev–Trinajstić information content (AvgIpc) is 2.62. The van der Waals surface area contributed by atoms with Gasteiger partial charge in [-0.3, -0.25) is 0 Å². The summed E-state index contributed by atoms with van der Waals surface area (Å²) in [5.41, 5.74) is 1.29. The summed E-state index contributed by atoms with van der Waals surface area (Å²) in [6, 6.07) is 27.4. The van der Waals surface area contributed by atoms with Crippen molar-refractivity contribution >= 4 is 40.1 Å². The van der Waals surface area contributed by atoms with Gasteiger partial charge in [-0.05, 0) is 40.9 Å². The summed E-state index contributed by atoms with van der Waals surface area (Å²) in [6.45, 7) is 0. The zero-order valence-electron chi connectivity index (χ0n) is 12.7. The summed E-state index contributed by atoms with van der Waals surface area (Å²) in [4.78, 5) is 0. The third kappa shape index (κ3) is 3.93. The van der Waals surface area contributed by atoms with Crippen molar-refractivity contribution in [3.05, 3.63) is 95.5 Å². The van der Waals surface area contributed by atoms with Crippen LogP contribution in [0.25, 0.3) is 0 Å². The molecule has 0 bridgehead atoms. The molecule has 0 saturated carbocycles. The van der Waals surface area contributed by atoms with Gasteiger partial charge in [0.05, 0.1) is 0 Å². The fourth-order valence-corrected chi connectivity index (χ4v) is 6.51. The lowest BCUT2D eigenvalue weighted by molar-refractivity contribution is 1.15. The second-order valence-corrected chi connectivity index (χ2v) is 10.8. The van der Waals surface area contributed by atoms with Crippen molar-refractivity contribution < 1.29 is 0 Å². The van der Waals surface area contributed by atoms with Crippen LogP contribution in [-0.2, 0) is 18.2 Å². The van der Waals surface area contributed by atoms with Gasteiger partial charge in [0.15, 0.2) is 0 Å². The third-order valence-corrected chi connectivity index (χ3v) is 9.16. The summed E-state index contributed by atoms with van der Waals surface area (Å²) in [5, 5.41) is 3.35. The van der Waals surface area contributed by atoms with Crippen molar-refractivity contribution in [3.8, 4) is 0 Å². The van der Waals surface area contributed by atoms with E-state index in [1.807, 2.05) is 24.3 Å². The van der Waals surface area contributed by atoms with Crippen LogP contribution < -0.4 is 10.6 Å². The van der Waals surface area contributed by atoms with E-state index in [0.717, 1.165) is 17.6 Å². The molecule has 0 atom stereocenters. The molecule has 116 valence electrons. The van der Waals surface area contributed by atoms with Crippen LogP contribution in [0.2, 0.25) is 5.02 Å². The molecule has 0 aromatic heterocycles. The fourth-order valence-electron chi connectivity index (χ4n) is 2.68. The van der Waals surface area contributed by atoms with Gasteiger partial charge in [0.2, 0.25) is 0 Å². The summed E-state index contributed by atoms with van der Waals surface area (Å²) in [6.07, 6.45) is 1.95. The molecule has 0 nitrogen and oxygen atoms in total. The highest BCUT2D eigenvalue weighted by atomic mass is 35.5. The lowest BCUT2D eigenvalue weighted by Gasteiger charge is -2.23. The summed E-state index contributed by atoms with van der Waals surface area (Å²) in [5.74, 6) is 0. The van der Waals surface area contributed by atoms with Crippen LogP contribution in [0.3, 0.4) is 0 Å². The van der Waals surface area contributed by atoms with Crippen LogP contribution in [0.1, 0.15) is 5.56 Å². The highest BCUT2D eigenvalue weighted by molar-refractivity contribution is 8.21. The third-order valence-electron chi connectivity index (χ3n) is 3.98. The monoisotopic (exact) mass is 356 g/mol. The maximum Gasteiger partial charge on any atom is 0.0406 e. The first-order chi connectivity index (χ1) is 11.2. The van der Waals surface area contributed by atoms with E-state index in [0.29, 0.717) is 0 Å². The van der Waals surface area contributed by atoms with E-state index in [-0.39, 0.29) is 0 Å². The highest BCUT2D eigenvalue weighted by Gasteiger charge is 2.21. The lowest BCUT2D eigenvalue weighted by Crippen LogP contribution is -2.19. The van der Waals surface area contributed by atoms with Crippen LogP contribution in [0.4, 0.5) is 0 Å². The fraction of sp³-hybridized carbons (Fsp3) is 0.100. The van der Waals surface area contributed by atoms with Gasteiger partial charge in [-0.15, -0.1) is 0 Å². The van der Waals surface area contributed by atoms with Gasteiger partial charge >= 0.3 is 0 Å². The lowest BCUT2D eigenvalue weighted by atomic mass is 10.2. The Kier molecular flexibility index (Phi) is 5.33. The summed E-state index contributed by atoms with van der Waals surface area (Å²) < 4.78 is 0. The van der Waals surface area contributed by atoms with E-state index in [2.05, 4.69) is 60.7 Å². The Morgan fingerprint density at radius 1 is 0.696 bits per heavy atom. The molecule has 3 aromatic rings. The van der Waals surface area contributed by atoms with Gasteiger partial charge in [0.25, 0.3) is 0 Å². The Labute approximate surface area is 148 Å². The van der Waals surface area contributed by atoms with Crippen LogP contribution >= 0.6 is 17.6 Å². The first-order valence-electron chi connectivity index (χ1n) is 7.63. The normalized spacial score (nSPS) is 11.3. The first kappa shape index (κ1) is 16.5. The van der Waals surface area contributed by atoms with Crippen LogP contribution in [0.15, 0.2) is 84.9 Å². The van der Waals surface area contributed by atoms with Gasteiger partial charge in [0.1, 0.15) is 0 Å². The zero-order chi connectivity index (χ0) is 16.1. The number of halogens is 1. The molecular weight excluding hydrogens is 339 g/mol. The van der Waals surface area contributed by atoms with E-state index in [9.17, 15) is 0 Å². The molecule has 0 fully saturated rings. The van der Waals surface area contributed by atoms with Crippen LogP contribution in [-0.4, -0.2) is 6.16 Å². The van der Waals surface area contributed by atoms with Crippen molar-refractivity contribution in [2.75, 3.05) is 6.16 Å².